The summed E-state index contributed by atoms with van der Waals surface area (Å²) in [5.74, 6) is -0.102. The molecule has 0 atom stereocenters. The number of anilines is 1. The van der Waals surface area contributed by atoms with E-state index in [1.807, 2.05) is 37.3 Å². The van der Waals surface area contributed by atoms with Crippen LogP contribution in [0.5, 0.6) is 0 Å². The highest BCUT2D eigenvalue weighted by Gasteiger charge is 2.10. The van der Waals surface area contributed by atoms with E-state index in [-0.39, 0.29) is 10.9 Å². The van der Waals surface area contributed by atoms with Crippen molar-refractivity contribution in [2.75, 3.05) is 5.32 Å². The largest absolute Gasteiger partial charge is 0.389 e. The number of nitrogens with two attached hydrogens (primary N) is 1. The molecule has 108 valence electrons. The van der Waals surface area contributed by atoms with Gasteiger partial charge in [-0.1, -0.05) is 58.0 Å². The van der Waals surface area contributed by atoms with Crippen LogP contribution in [0.15, 0.2) is 46.9 Å². The van der Waals surface area contributed by atoms with Crippen LogP contribution in [0.4, 0.5) is 5.69 Å². The SMILES string of the molecule is Cc1ccc(CC(=O)Nc2cc(Br)ccc2C(N)=S)cc1. The molecule has 3 nitrogen and oxygen atoms in total. The number of halogens is 1. The van der Waals surface area contributed by atoms with Crippen molar-refractivity contribution in [3.8, 4) is 0 Å². The summed E-state index contributed by atoms with van der Waals surface area (Å²) in [4.78, 5) is 12.4. The van der Waals surface area contributed by atoms with E-state index in [2.05, 4.69) is 21.2 Å². The van der Waals surface area contributed by atoms with Crippen LogP contribution in [-0.4, -0.2) is 10.9 Å². The fraction of sp³-hybridized carbons (Fsp3) is 0.125. The minimum absolute atomic E-state index is 0.102. The first-order chi connectivity index (χ1) is 9.95. The third-order valence-corrected chi connectivity index (χ3v) is 3.72. The molecule has 3 N–H and O–H groups in total. The Labute approximate surface area is 137 Å². The van der Waals surface area contributed by atoms with Gasteiger partial charge in [-0.3, -0.25) is 4.79 Å². The van der Waals surface area contributed by atoms with E-state index >= 15 is 0 Å². The monoisotopic (exact) mass is 362 g/mol. The lowest BCUT2D eigenvalue weighted by Gasteiger charge is -2.11. The standard InChI is InChI=1S/C16H15BrN2OS/c1-10-2-4-11(5-3-10)8-15(20)19-14-9-12(17)6-7-13(14)16(18)21/h2-7,9H,8H2,1H3,(H2,18,21)(H,19,20). The molecule has 0 bridgehead atoms. The third kappa shape index (κ3) is 4.37. The van der Waals surface area contributed by atoms with E-state index in [9.17, 15) is 4.79 Å². The molecule has 0 saturated carbocycles. The fourth-order valence-electron chi connectivity index (χ4n) is 1.92. The number of hydrogen-bond acceptors (Lipinski definition) is 2. The van der Waals surface area contributed by atoms with Crippen LogP contribution < -0.4 is 11.1 Å². The molecule has 0 saturated heterocycles. The van der Waals surface area contributed by atoms with Gasteiger partial charge < -0.3 is 11.1 Å². The predicted octanol–water partition coefficient (Wildman–Crippen LogP) is 3.57. The maximum absolute atomic E-state index is 12.1. The lowest BCUT2D eigenvalue weighted by Crippen LogP contribution is -2.19. The van der Waals surface area contributed by atoms with E-state index in [1.165, 1.54) is 5.56 Å². The molecule has 0 aliphatic rings. The summed E-state index contributed by atoms with van der Waals surface area (Å²) in [5.41, 5.74) is 9.08. The molecule has 2 aromatic rings. The highest BCUT2D eigenvalue weighted by atomic mass is 79.9. The van der Waals surface area contributed by atoms with Gasteiger partial charge in [-0.15, -0.1) is 0 Å². The molecule has 0 aliphatic heterocycles. The lowest BCUT2D eigenvalue weighted by molar-refractivity contribution is -0.115. The van der Waals surface area contributed by atoms with Crippen LogP contribution in [0, 0.1) is 6.92 Å². The van der Waals surface area contributed by atoms with Crippen molar-refractivity contribution >= 4 is 44.7 Å². The maximum atomic E-state index is 12.1. The van der Waals surface area contributed by atoms with Gasteiger partial charge >= 0.3 is 0 Å². The second-order valence-electron chi connectivity index (χ2n) is 4.76. The van der Waals surface area contributed by atoms with Gasteiger partial charge in [0.25, 0.3) is 0 Å². The number of aryl methyl sites for hydroxylation is 1. The smallest absolute Gasteiger partial charge is 0.228 e. The Kier molecular flexibility index (Phi) is 5.09. The molecule has 0 heterocycles. The average Bonchev–Trinajstić information content (AvgIpc) is 2.41. The van der Waals surface area contributed by atoms with Crippen LogP contribution in [0.1, 0.15) is 16.7 Å². The number of benzene rings is 2. The molecule has 2 aromatic carbocycles. The summed E-state index contributed by atoms with van der Waals surface area (Å²) in [6.07, 6.45) is 0.309. The maximum Gasteiger partial charge on any atom is 0.228 e. The zero-order valence-electron chi connectivity index (χ0n) is 11.5. The summed E-state index contributed by atoms with van der Waals surface area (Å²) in [6, 6.07) is 13.3. The first kappa shape index (κ1) is 15.7. The molecular weight excluding hydrogens is 348 g/mol. The highest BCUT2D eigenvalue weighted by Crippen LogP contribution is 2.21. The Hall–Kier alpha value is -1.72. The molecule has 2 rings (SSSR count). The third-order valence-electron chi connectivity index (χ3n) is 3.01. The van der Waals surface area contributed by atoms with Gasteiger partial charge in [-0.2, -0.15) is 0 Å². The minimum Gasteiger partial charge on any atom is -0.389 e. The van der Waals surface area contributed by atoms with Crippen molar-refractivity contribution in [1.82, 2.24) is 0 Å². The molecule has 0 spiro atoms. The van der Waals surface area contributed by atoms with Crippen molar-refractivity contribution in [2.24, 2.45) is 5.73 Å². The second-order valence-corrected chi connectivity index (χ2v) is 6.12. The number of thiocarbonyl (C=S) groups is 1. The summed E-state index contributed by atoms with van der Waals surface area (Å²) in [7, 11) is 0. The van der Waals surface area contributed by atoms with Gasteiger partial charge in [0.05, 0.1) is 12.1 Å². The molecule has 0 aromatic heterocycles. The number of nitrogens with one attached hydrogen (secondary N) is 1. The van der Waals surface area contributed by atoms with Crippen molar-refractivity contribution in [3.05, 3.63) is 63.6 Å². The quantitative estimate of drug-likeness (QED) is 0.817. The molecule has 0 unspecified atom stereocenters. The van der Waals surface area contributed by atoms with Crippen LogP contribution in [0.25, 0.3) is 0 Å². The Bertz CT molecular complexity index is 683. The van der Waals surface area contributed by atoms with Gasteiger partial charge in [0.15, 0.2) is 0 Å². The van der Waals surface area contributed by atoms with E-state index in [1.54, 1.807) is 12.1 Å². The molecule has 5 heteroatoms. The first-order valence-corrected chi connectivity index (χ1v) is 7.60. The lowest BCUT2D eigenvalue weighted by atomic mass is 10.1. The topological polar surface area (TPSA) is 55.1 Å². The van der Waals surface area contributed by atoms with Crippen LogP contribution in [0.2, 0.25) is 0 Å². The average molecular weight is 363 g/mol. The summed E-state index contributed by atoms with van der Waals surface area (Å²) >= 11 is 8.38. The molecular formula is C16H15BrN2OS. The molecule has 1 amide bonds. The Morgan fingerprint density at radius 3 is 2.52 bits per heavy atom. The van der Waals surface area contributed by atoms with Crippen molar-refractivity contribution in [2.45, 2.75) is 13.3 Å². The normalized spacial score (nSPS) is 10.2. The second kappa shape index (κ2) is 6.83. The van der Waals surface area contributed by atoms with E-state index in [4.69, 9.17) is 18.0 Å². The molecule has 21 heavy (non-hydrogen) atoms. The van der Waals surface area contributed by atoms with Crippen LogP contribution in [-0.2, 0) is 11.2 Å². The van der Waals surface area contributed by atoms with Crippen molar-refractivity contribution < 1.29 is 4.79 Å². The van der Waals surface area contributed by atoms with E-state index in [0.717, 1.165) is 10.0 Å². The minimum atomic E-state index is -0.102. The number of carbonyl (C=O) groups excluding carboxylic acids is 1. The summed E-state index contributed by atoms with van der Waals surface area (Å²) in [6.45, 7) is 2.01. The Balaban J connectivity index is 2.14. The summed E-state index contributed by atoms with van der Waals surface area (Å²) < 4.78 is 0.855. The summed E-state index contributed by atoms with van der Waals surface area (Å²) in [5, 5.41) is 2.86. The number of carbonyl (C=O) groups is 1. The van der Waals surface area contributed by atoms with E-state index in [0.29, 0.717) is 17.7 Å². The predicted molar refractivity (Wildman–Crippen MR) is 93.5 cm³/mol. The van der Waals surface area contributed by atoms with Gasteiger partial charge in [-0.25, -0.2) is 0 Å². The van der Waals surface area contributed by atoms with Gasteiger partial charge in [0.1, 0.15) is 4.99 Å². The van der Waals surface area contributed by atoms with Crippen molar-refractivity contribution in [3.63, 3.8) is 0 Å². The fourth-order valence-corrected chi connectivity index (χ4v) is 2.46. The van der Waals surface area contributed by atoms with Crippen molar-refractivity contribution in [1.29, 1.82) is 0 Å². The molecule has 0 fully saturated rings. The zero-order chi connectivity index (χ0) is 15.4. The Morgan fingerprint density at radius 1 is 1.24 bits per heavy atom. The van der Waals surface area contributed by atoms with Crippen LogP contribution >= 0.6 is 28.1 Å². The number of amides is 1. The molecule has 0 radical (unpaired) electrons. The number of hydrogen-bond donors (Lipinski definition) is 2. The van der Waals surface area contributed by atoms with Gasteiger partial charge in [0.2, 0.25) is 5.91 Å². The van der Waals surface area contributed by atoms with Gasteiger partial charge in [0, 0.05) is 10.0 Å². The highest BCUT2D eigenvalue weighted by molar-refractivity contribution is 9.10. The number of rotatable bonds is 4. The first-order valence-electron chi connectivity index (χ1n) is 6.40. The van der Waals surface area contributed by atoms with Crippen LogP contribution in [0.3, 0.4) is 0 Å². The van der Waals surface area contributed by atoms with Gasteiger partial charge in [-0.05, 0) is 30.7 Å². The zero-order valence-corrected chi connectivity index (χ0v) is 13.9. The Morgan fingerprint density at radius 2 is 1.90 bits per heavy atom. The molecule has 0 aliphatic carbocycles. The van der Waals surface area contributed by atoms with E-state index < -0.39 is 0 Å².